The van der Waals surface area contributed by atoms with Crippen molar-refractivity contribution in [1.82, 2.24) is 25.1 Å². The summed E-state index contributed by atoms with van der Waals surface area (Å²) < 4.78 is 6.09. The Bertz CT molecular complexity index is 1960. The van der Waals surface area contributed by atoms with E-state index in [4.69, 9.17) is 44.5 Å². The number of carbonyl (C=O) groups is 1. The molecule has 0 bridgehead atoms. The van der Waals surface area contributed by atoms with E-state index < -0.39 is 16.7 Å². The van der Waals surface area contributed by atoms with Gasteiger partial charge in [0.05, 0.1) is 27.9 Å². The number of aromatic amines is 1. The van der Waals surface area contributed by atoms with Crippen molar-refractivity contribution >= 4 is 52.0 Å². The second-order valence-electron chi connectivity index (χ2n) is 10.2. The second kappa shape index (κ2) is 13.1. The number of thiazole rings is 1. The van der Waals surface area contributed by atoms with Crippen molar-refractivity contribution in [2.24, 2.45) is 0 Å². The molecule has 0 saturated heterocycles. The number of H-pyrrole nitrogens is 1. The summed E-state index contributed by atoms with van der Waals surface area (Å²) in [5.74, 6) is -0.246. The van der Waals surface area contributed by atoms with Gasteiger partial charge in [0.15, 0.2) is 0 Å². The van der Waals surface area contributed by atoms with Crippen molar-refractivity contribution < 1.29 is 9.53 Å². The molecular weight excluding hydrogens is 645 g/mol. The molecule has 9 nitrogen and oxygen atoms in total. The zero-order valence-corrected chi connectivity index (χ0v) is 26.9. The van der Waals surface area contributed by atoms with Gasteiger partial charge in [-0.25, -0.2) is 9.78 Å². The molecule has 3 aromatic carbocycles. The molecule has 0 aliphatic carbocycles. The van der Waals surface area contributed by atoms with Gasteiger partial charge in [0, 0.05) is 51.4 Å². The van der Waals surface area contributed by atoms with Crippen LogP contribution in [0, 0.1) is 0 Å². The zero-order chi connectivity index (χ0) is 31.6. The number of halogens is 3. The third-order valence-electron chi connectivity index (χ3n) is 6.91. The summed E-state index contributed by atoms with van der Waals surface area (Å²) in [7, 11) is 1.57. The predicted octanol–water partition coefficient (Wildman–Crippen LogP) is 6.37. The van der Waals surface area contributed by atoms with Crippen LogP contribution in [0.5, 0.6) is 0 Å². The molecule has 0 unspecified atom stereocenters. The Morgan fingerprint density at radius 2 is 1.66 bits per heavy atom. The molecule has 0 aliphatic heterocycles. The van der Waals surface area contributed by atoms with Crippen LogP contribution in [-0.4, -0.2) is 45.9 Å². The lowest BCUT2D eigenvalue weighted by molar-refractivity contribution is 0.0938. The second-order valence-corrected chi connectivity index (χ2v) is 12.5. The number of ether oxygens (including phenoxy) is 1. The van der Waals surface area contributed by atoms with Crippen LogP contribution in [0.4, 0.5) is 0 Å². The van der Waals surface area contributed by atoms with Crippen LogP contribution in [-0.2, 0) is 10.2 Å². The number of methoxy groups -OCH3 is 1. The van der Waals surface area contributed by atoms with Crippen LogP contribution in [0.25, 0.3) is 27.4 Å². The largest absolute Gasteiger partial charge is 0.383 e. The Hall–Kier alpha value is -3.80. The van der Waals surface area contributed by atoms with Gasteiger partial charge in [-0.3, -0.25) is 14.6 Å². The minimum Gasteiger partial charge on any atom is -0.383 e. The first-order valence-electron chi connectivity index (χ1n) is 13.3. The normalized spacial score (nSPS) is 11.5. The molecule has 44 heavy (non-hydrogen) atoms. The number of hydrogen-bond donors (Lipinski definition) is 2. The van der Waals surface area contributed by atoms with Gasteiger partial charge in [-0.05, 0) is 38.1 Å². The van der Waals surface area contributed by atoms with E-state index in [2.05, 4.69) is 15.4 Å². The summed E-state index contributed by atoms with van der Waals surface area (Å²) >= 11 is 21.7. The highest BCUT2D eigenvalue weighted by molar-refractivity contribution is 7.16. The van der Waals surface area contributed by atoms with Crippen LogP contribution in [0.2, 0.25) is 15.1 Å². The molecule has 0 fully saturated rings. The molecule has 2 N–H and O–H groups in total. The van der Waals surface area contributed by atoms with E-state index in [1.54, 1.807) is 37.4 Å². The summed E-state index contributed by atoms with van der Waals surface area (Å²) in [4.78, 5) is 45.1. The van der Waals surface area contributed by atoms with Crippen molar-refractivity contribution in [3.05, 3.63) is 119 Å². The number of hydrogen-bond acceptors (Lipinski definition) is 7. The molecule has 0 radical (unpaired) electrons. The number of amides is 1. The predicted molar refractivity (Wildman–Crippen MR) is 175 cm³/mol. The number of rotatable bonds is 9. The maximum absolute atomic E-state index is 13.2. The molecular formula is C31H26Cl3N5O4S. The van der Waals surface area contributed by atoms with Crippen molar-refractivity contribution in [3.63, 3.8) is 0 Å². The third kappa shape index (κ3) is 6.22. The lowest BCUT2D eigenvalue weighted by Crippen LogP contribution is -2.30. The quantitative estimate of drug-likeness (QED) is 0.176. The molecule has 0 atom stereocenters. The van der Waals surface area contributed by atoms with E-state index in [0.29, 0.717) is 51.1 Å². The highest BCUT2D eigenvalue weighted by Gasteiger charge is 2.34. The van der Waals surface area contributed by atoms with Crippen LogP contribution in [0.1, 0.15) is 34.8 Å². The first-order chi connectivity index (χ1) is 21.0. The Kier molecular flexibility index (Phi) is 9.38. The minimum atomic E-state index is -0.843. The molecule has 2 aromatic heterocycles. The Morgan fingerprint density at radius 1 is 1.00 bits per heavy atom. The minimum absolute atomic E-state index is 0.246. The molecule has 0 saturated carbocycles. The summed E-state index contributed by atoms with van der Waals surface area (Å²) in [6, 6.07) is 17.8. The summed E-state index contributed by atoms with van der Waals surface area (Å²) in [6.07, 6.45) is 0.990. The highest BCUT2D eigenvalue weighted by Crippen LogP contribution is 2.48. The maximum atomic E-state index is 13.2. The topological polar surface area (TPSA) is 119 Å². The summed E-state index contributed by atoms with van der Waals surface area (Å²) in [5.41, 5.74) is 1.13. The monoisotopic (exact) mass is 669 g/mol. The standard InChI is InChI=1S/C31H26Cl3N5O4S/c1-31(2,25-22(33)14-17(15-23(25)34)39-30(42)37-24(40)16-36-39)29-38-26(20-10-6-7-11-21(20)32)27(44-29)18-8-4-5-9-19(18)28(41)35-12-13-43-3/h4-11,14-16H,12-13H2,1-3H3,(H,35,41)(H,37,40,42). The lowest BCUT2D eigenvalue weighted by Gasteiger charge is -2.26. The van der Waals surface area contributed by atoms with E-state index >= 15 is 0 Å². The summed E-state index contributed by atoms with van der Waals surface area (Å²) in [6.45, 7) is 4.61. The van der Waals surface area contributed by atoms with Crippen molar-refractivity contribution in [2.75, 3.05) is 20.3 Å². The van der Waals surface area contributed by atoms with Crippen molar-refractivity contribution in [3.8, 4) is 27.4 Å². The van der Waals surface area contributed by atoms with Crippen LogP contribution in [0.15, 0.2) is 76.4 Å². The molecule has 5 rings (SSSR count). The van der Waals surface area contributed by atoms with Gasteiger partial charge in [-0.15, -0.1) is 11.3 Å². The van der Waals surface area contributed by atoms with Gasteiger partial charge in [0.25, 0.3) is 11.5 Å². The van der Waals surface area contributed by atoms with Crippen molar-refractivity contribution in [2.45, 2.75) is 19.3 Å². The Balaban J connectivity index is 1.67. The van der Waals surface area contributed by atoms with Crippen LogP contribution >= 0.6 is 46.1 Å². The Morgan fingerprint density at radius 3 is 2.32 bits per heavy atom. The fourth-order valence-corrected chi connectivity index (χ4v) is 7.17. The number of carbonyl (C=O) groups excluding carboxylic acids is 1. The smallest absolute Gasteiger partial charge is 0.349 e. The van der Waals surface area contributed by atoms with Crippen LogP contribution in [0.3, 0.4) is 0 Å². The molecule has 2 heterocycles. The van der Waals surface area contributed by atoms with E-state index in [1.807, 2.05) is 44.2 Å². The van der Waals surface area contributed by atoms with Gasteiger partial charge in [0.2, 0.25) is 0 Å². The molecule has 1 amide bonds. The van der Waals surface area contributed by atoms with Crippen LogP contribution < -0.4 is 16.6 Å². The van der Waals surface area contributed by atoms with E-state index in [0.717, 1.165) is 15.8 Å². The van der Waals surface area contributed by atoms with Gasteiger partial charge < -0.3 is 10.1 Å². The Labute approximate surface area is 271 Å². The van der Waals surface area contributed by atoms with E-state index in [9.17, 15) is 14.4 Å². The third-order valence-corrected chi connectivity index (χ3v) is 9.25. The van der Waals surface area contributed by atoms with E-state index in [1.165, 1.54) is 11.3 Å². The number of aromatic nitrogens is 4. The maximum Gasteiger partial charge on any atom is 0.349 e. The first kappa shape index (κ1) is 31.6. The molecule has 0 spiro atoms. The molecule has 13 heteroatoms. The lowest BCUT2D eigenvalue weighted by atomic mass is 9.85. The molecule has 226 valence electrons. The number of nitrogens with one attached hydrogen (secondary N) is 2. The van der Waals surface area contributed by atoms with Gasteiger partial charge in [-0.2, -0.15) is 9.78 Å². The average molecular weight is 671 g/mol. The summed E-state index contributed by atoms with van der Waals surface area (Å²) in [5, 5.41) is 8.50. The molecule has 0 aliphatic rings. The fourth-order valence-electron chi connectivity index (χ4n) is 4.77. The number of nitrogens with zero attached hydrogens (tertiary/aromatic N) is 3. The van der Waals surface area contributed by atoms with E-state index in [-0.39, 0.29) is 21.6 Å². The SMILES string of the molecule is COCCNC(=O)c1ccccc1-c1sc(C(C)(C)c2c(Cl)cc(-n3ncc(=O)[nH]c3=O)cc2Cl)nc1-c1ccccc1Cl. The molecule has 5 aromatic rings. The number of benzene rings is 3. The highest BCUT2D eigenvalue weighted by atomic mass is 35.5. The van der Waals surface area contributed by atoms with Gasteiger partial charge in [-0.1, -0.05) is 71.2 Å². The first-order valence-corrected chi connectivity index (χ1v) is 15.3. The average Bonchev–Trinajstić information content (AvgIpc) is 3.43. The van der Waals surface area contributed by atoms with Gasteiger partial charge in [0.1, 0.15) is 11.2 Å². The van der Waals surface area contributed by atoms with Gasteiger partial charge >= 0.3 is 5.69 Å². The van der Waals surface area contributed by atoms with Crippen molar-refractivity contribution in [1.29, 1.82) is 0 Å². The fraction of sp³-hybridized carbons (Fsp3) is 0.194. The zero-order valence-electron chi connectivity index (χ0n) is 23.8.